The van der Waals surface area contributed by atoms with Gasteiger partial charge < -0.3 is 0 Å². The Kier molecular flexibility index (Phi) is 2.51. The Morgan fingerprint density at radius 2 is 1.62 bits per heavy atom. The van der Waals surface area contributed by atoms with Gasteiger partial charge >= 0.3 is 0 Å². The summed E-state index contributed by atoms with van der Waals surface area (Å²) in [5, 5.41) is 0. The zero-order valence-corrected chi connectivity index (χ0v) is 11.5. The normalized spacial score (nSPS) is 38.8. The van der Waals surface area contributed by atoms with Crippen LogP contribution in [-0.4, -0.2) is 29.3 Å². The molecule has 92 valence electrons. The highest BCUT2D eigenvalue weighted by atomic mass is 16.1. The second-order valence-electron chi connectivity index (χ2n) is 6.83. The highest BCUT2D eigenvalue weighted by Gasteiger charge is 2.67. The summed E-state index contributed by atoms with van der Waals surface area (Å²) in [7, 11) is 0. The molecule has 2 aliphatic rings. The van der Waals surface area contributed by atoms with Gasteiger partial charge in [-0.25, -0.2) is 0 Å². The van der Waals surface area contributed by atoms with Gasteiger partial charge in [0.25, 0.3) is 0 Å². The van der Waals surface area contributed by atoms with Crippen LogP contribution in [0.15, 0.2) is 0 Å². The number of nitrogens with zero attached hydrogens (tertiary/aromatic N) is 1. The second-order valence-corrected chi connectivity index (χ2v) is 6.83. The number of ketones is 1. The van der Waals surface area contributed by atoms with Gasteiger partial charge in [0.05, 0.1) is 0 Å². The maximum atomic E-state index is 11.7. The molecule has 16 heavy (non-hydrogen) atoms. The zero-order valence-electron chi connectivity index (χ0n) is 11.5. The summed E-state index contributed by atoms with van der Waals surface area (Å²) in [4.78, 5) is 14.3. The molecule has 1 aliphatic carbocycles. The minimum absolute atomic E-state index is 0.209. The van der Waals surface area contributed by atoms with E-state index in [1.807, 2.05) is 0 Å². The van der Waals surface area contributed by atoms with E-state index >= 15 is 0 Å². The Bertz CT molecular complexity index is 305. The van der Waals surface area contributed by atoms with Gasteiger partial charge in [-0.05, 0) is 17.8 Å². The van der Waals surface area contributed by atoms with Crippen molar-refractivity contribution in [3.05, 3.63) is 0 Å². The number of likely N-dealkylation sites (tertiary alicyclic amines) is 1. The van der Waals surface area contributed by atoms with Gasteiger partial charge in [-0.2, -0.15) is 0 Å². The molecule has 0 aromatic heterocycles. The summed E-state index contributed by atoms with van der Waals surface area (Å²) in [6.07, 6.45) is 0.744. The highest BCUT2D eigenvalue weighted by Crippen LogP contribution is 2.66. The van der Waals surface area contributed by atoms with Crippen molar-refractivity contribution in [1.82, 2.24) is 4.90 Å². The molecule has 2 rings (SSSR count). The molecule has 2 heteroatoms. The number of carbonyl (C=O) groups excluding carboxylic acids is 1. The molecule has 2 nitrogen and oxygen atoms in total. The second kappa shape index (κ2) is 3.32. The molecule has 2 atom stereocenters. The molecule has 0 amide bonds. The largest absolute Gasteiger partial charge is 0.299 e. The van der Waals surface area contributed by atoms with E-state index in [4.69, 9.17) is 0 Å². The SMILES string of the molecule is CC1C(=O)CCN(C2C(C)(C)C2(C)C)C1C. The number of hydrogen-bond donors (Lipinski definition) is 0. The standard InChI is InChI=1S/C14H25NO/c1-9-10(2)15(8-7-11(9)16)12-13(3,4)14(12,5)6/h9-10,12H,7-8H2,1-6H3. The predicted molar refractivity (Wildman–Crippen MR) is 66.3 cm³/mol. The summed E-state index contributed by atoms with van der Waals surface area (Å²) in [6, 6.07) is 1.05. The van der Waals surface area contributed by atoms with E-state index in [0.717, 1.165) is 13.0 Å². The summed E-state index contributed by atoms with van der Waals surface area (Å²) in [6.45, 7) is 14.7. The molecule has 0 aromatic carbocycles. The molecule has 0 aromatic rings. The molecular formula is C14H25NO. The van der Waals surface area contributed by atoms with Crippen LogP contribution in [0.4, 0.5) is 0 Å². The van der Waals surface area contributed by atoms with Crippen LogP contribution in [0.2, 0.25) is 0 Å². The quantitative estimate of drug-likeness (QED) is 0.681. The Labute approximate surface area is 99.4 Å². The highest BCUT2D eigenvalue weighted by molar-refractivity contribution is 5.82. The average Bonchev–Trinajstić information content (AvgIpc) is 2.56. The molecule has 0 radical (unpaired) electrons. The lowest BCUT2D eigenvalue weighted by atomic mass is 9.90. The van der Waals surface area contributed by atoms with E-state index in [1.165, 1.54) is 0 Å². The number of hydrogen-bond acceptors (Lipinski definition) is 2. The maximum absolute atomic E-state index is 11.7. The van der Waals surface area contributed by atoms with Crippen LogP contribution >= 0.6 is 0 Å². The Morgan fingerprint density at radius 1 is 1.12 bits per heavy atom. The van der Waals surface area contributed by atoms with E-state index in [1.54, 1.807) is 0 Å². The van der Waals surface area contributed by atoms with Gasteiger partial charge in [0.15, 0.2) is 0 Å². The molecule has 1 saturated heterocycles. The van der Waals surface area contributed by atoms with Crippen LogP contribution in [0.3, 0.4) is 0 Å². The fraction of sp³-hybridized carbons (Fsp3) is 0.929. The van der Waals surface area contributed by atoms with Gasteiger partial charge in [-0.3, -0.25) is 9.69 Å². The third kappa shape index (κ3) is 1.38. The number of rotatable bonds is 1. The molecule has 0 bridgehead atoms. The molecular weight excluding hydrogens is 198 g/mol. The van der Waals surface area contributed by atoms with Crippen molar-refractivity contribution in [2.45, 2.75) is 60.0 Å². The van der Waals surface area contributed by atoms with E-state index in [2.05, 4.69) is 46.4 Å². The topological polar surface area (TPSA) is 20.3 Å². The first-order valence-corrected chi connectivity index (χ1v) is 6.49. The summed E-state index contributed by atoms with van der Waals surface area (Å²) < 4.78 is 0. The van der Waals surface area contributed by atoms with Gasteiger partial charge in [0.1, 0.15) is 5.78 Å². The third-order valence-corrected chi connectivity index (χ3v) is 5.65. The lowest BCUT2D eigenvalue weighted by molar-refractivity contribution is -0.128. The van der Waals surface area contributed by atoms with Gasteiger partial charge in [-0.15, -0.1) is 0 Å². The lowest BCUT2D eigenvalue weighted by Crippen LogP contribution is -2.49. The summed E-state index contributed by atoms with van der Waals surface area (Å²) in [5.74, 6) is 0.654. The molecule has 2 unspecified atom stereocenters. The number of Topliss-reactive ketones (excluding diaryl/α,β-unsaturated/α-hetero) is 1. The van der Waals surface area contributed by atoms with E-state index in [9.17, 15) is 4.79 Å². The van der Waals surface area contributed by atoms with Crippen molar-refractivity contribution < 1.29 is 4.79 Å². The van der Waals surface area contributed by atoms with E-state index in [-0.39, 0.29) is 5.92 Å². The predicted octanol–water partition coefficient (Wildman–Crippen LogP) is 2.72. The molecule has 0 N–H and O–H groups in total. The lowest BCUT2D eigenvalue weighted by Gasteiger charge is -2.38. The maximum Gasteiger partial charge on any atom is 0.138 e. The molecule has 0 spiro atoms. The Morgan fingerprint density at radius 3 is 2.06 bits per heavy atom. The first-order valence-electron chi connectivity index (χ1n) is 6.49. The van der Waals surface area contributed by atoms with Crippen molar-refractivity contribution in [1.29, 1.82) is 0 Å². The van der Waals surface area contributed by atoms with Gasteiger partial charge in [0.2, 0.25) is 0 Å². The third-order valence-electron chi connectivity index (χ3n) is 5.65. The fourth-order valence-electron chi connectivity index (χ4n) is 3.58. The first-order chi connectivity index (χ1) is 7.21. The monoisotopic (exact) mass is 223 g/mol. The minimum atomic E-state index is 0.209. The average molecular weight is 223 g/mol. The van der Waals surface area contributed by atoms with Crippen LogP contribution in [0.5, 0.6) is 0 Å². The van der Waals surface area contributed by atoms with Crippen LogP contribution < -0.4 is 0 Å². The van der Waals surface area contributed by atoms with Crippen molar-refractivity contribution in [2.24, 2.45) is 16.7 Å². The van der Waals surface area contributed by atoms with Gasteiger partial charge in [0, 0.05) is 31.0 Å². The van der Waals surface area contributed by atoms with Crippen LogP contribution in [0.1, 0.15) is 48.0 Å². The van der Waals surface area contributed by atoms with Crippen LogP contribution in [-0.2, 0) is 4.79 Å². The van der Waals surface area contributed by atoms with Crippen molar-refractivity contribution in [2.75, 3.05) is 6.54 Å². The van der Waals surface area contributed by atoms with Crippen molar-refractivity contribution in [3.63, 3.8) is 0 Å². The van der Waals surface area contributed by atoms with Gasteiger partial charge in [-0.1, -0.05) is 34.6 Å². The number of piperidine rings is 1. The fourth-order valence-corrected chi connectivity index (χ4v) is 3.58. The summed E-state index contributed by atoms with van der Waals surface area (Å²) in [5.41, 5.74) is 0.780. The van der Waals surface area contributed by atoms with Crippen LogP contribution in [0.25, 0.3) is 0 Å². The smallest absolute Gasteiger partial charge is 0.138 e. The van der Waals surface area contributed by atoms with Crippen molar-refractivity contribution in [3.8, 4) is 0 Å². The summed E-state index contributed by atoms with van der Waals surface area (Å²) >= 11 is 0. The first kappa shape index (κ1) is 12.1. The van der Waals surface area contributed by atoms with E-state index < -0.39 is 0 Å². The molecule has 2 fully saturated rings. The Hall–Kier alpha value is -0.370. The number of carbonyl (C=O) groups is 1. The molecule has 1 aliphatic heterocycles. The minimum Gasteiger partial charge on any atom is -0.299 e. The zero-order chi connectivity index (χ0) is 12.3. The van der Waals surface area contributed by atoms with E-state index in [0.29, 0.717) is 28.7 Å². The molecule has 1 saturated carbocycles. The van der Waals surface area contributed by atoms with Crippen LogP contribution in [0, 0.1) is 16.7 Å². The van der Waals surface area contributed by atoms with Crippen molar-refractivity contribution >= 4 is 5.78 Å². The Balaban J connectivity index is 2.16. The molecule has 1 heterocycles.